The summed E-state index contributed by atoms with van der Waals surface area (Å²) in [7, 11) is 1.82. The Morgan fingerprint density at radius 3 is 2.81 bits per heavy atom. The maximum absolute atomic E-state index is 13.0. The van der Waals surface area contributed by atoms with Crippen LogP contribution in [0.2, 0.25) is 0 Å². The minimum atomic E-state index is -0.259. The average molecular weight is 393 g/mol. The minimum absolute atomic E-state index is 0.0407. The van der Waals surface area contributed by atoms with Crippen LogP contribution in [-0.2, 0) is 16.0 Å². The summed E-state index contributed by atoms with van der Waals surface area (Å²) in [4.78, 5) is 20.7. The van der Waals surface area contributed by atoms with Gasteiger partial charge in [0.05, 0.1) is 19.8 Å². The molecule has 27 heavy (non-hydrogen) atoms. The van der Waals surface area contributed by atoms with Gasteiger partial charge in [-0.05, 0) is 17.7 Å². The summed E-state index contributed by atoms with van der Waals surface area (Å²) < 4.78 is 22.6. The number of halogens is 1. The lowest BCUT2D eigenvalue weighted by molar-refractivity contribution is -0.119. The van der Waals surface area contributed by atoms with Gasteiger partial charge in [0.2, 0.25) is 11.0 Å². The molecule has 0 aliphatic carbocycles. The molecule has 1 aliphatic rings. The first-order chi connectivity index (χ1) is 13.1. The normalized spacial score (nSPS) is 14.9. The molecule has 2 heterocycles. The van der Waals surface area contributed by atoms with Crippen molar-refractivity contribution in [1.82, 2.24) is 19.6 Å². The summed E-state index contributed by atoms with van der Waals surface area (Å²) in [5, 5.41) is 3.63. The van der Waals surface area contributed by atoms with Crippen LogP contribution in [-0.4, -0.2) is 73.1 Å². The quantitative estimate of drug-likeness (QED) is 0.726. The Labute approximate surface area is 162 Å². The molecule has 0 unspecified atom stereocenters. The van der Waals surface area contributed by atoms with Crippen molar-refractivity contribution < 1.29 is 13.9 Å². The van der Waals surface area contributed by atoms with E-state index >= 15 is 0 Å². The van der Waals surface area contributed by atoms with E-state index in [2.05, 4.69) is 19.6 Å². The topological polar surface area (TPSA) is 70.6 Å². The third-order valence-electron chi connectivity index (χ3n) is 4.29. The van der Waals surface area contributed by atoms with Crippen LogP contribution in [0, 0.1) is 5.82 Å². The number of carbonyl (C=O) groups is 1. The molecule has 0 spiro atoms. The maximum atomic E-state index is 13.0. The smallest absolute Gasteiger partial charge is 0.239 e. The molecule has 2 aromatic rings. The Kier molecular flexibility index (Phi) is 7.08. The number of nitrogens with zero attached hydrogens (tertiary/aromatic N) is 4. The van der Waals surface area contributed by atoms with Crippen molar-refractivity contribution in [1.29, 1.82) is 0 Å². The van der Waals surface area contributed by atoms with Crippen LogP contribution < -0.4 is 10.2 Å². The highest BCUT2D eigenvalue weighted by molar-refractivity contribution is 7.09. The zero-order valence-electron chi connectivity index (χ0n) is 15.4. The van der Waals surface area contributed by atoms with Crippen molar-refractivity contribution in [3.05, 3.63) is 41.5 Å². The van der Waals surface area contributed by atoms with Crippen LogP contribution >= 0.6 is 11.5 Å². The van der Waals surface area contributed by atoms with Crippen LogP contribution in [0.15, 0.2) is 24.3 Å². The van der Waals surface area contributed by atoms with Crippen molar-refractivity contribution in [2.45, 2.75) is 6.42 Å². The molecule has 3 rings (SSSR count). The van der Waals surface area contributed by atoms with Crippen molar-refractivity contribution >= 4 is 22.6 Å². The number of benzene rings is 1. The first-order valence-corrected chi connectivity index (χ1v) is 9.72. The van der Waals surface area contributed by atoms with Crippen LogP contribution in [0.3, 0.4) is 0 Å². The van der Waals surface area contributed by atoms with Gasteiger partial charge in [-0.1, -0.05) is 12.1 Å². The first-order valence-electron chi connectivity index (χ1n) is 8.95. The highest BCUT2D eigenvalue weighted by Gasteiger charge is 2.14. The summed E-state index contributed by atoms with van der Waals surface area (Å²) >= 11 is 1.26. The highest BCUT2D eigenvalue weighted by atomic mass is 32.1. The van der Waals surface area contributed by atoms with Crippen LogP contribution in [0.1, 0.15) is 11.4 Å². The van der Waals surface area contributed by atoms with E-state index < -0.39 is 0 Å². The first kappa shape index (κ1) is 19.7. The second-order valence-corrected chi connectivity index (χ2v) is 7.19. The van der Waals surface area contributed by atoms with Gasteiger partial charge in [0.25, 0.3) is 0 Å². The molecule has 9 heteroatoms. The van der Waals surface area contributed by atoms with Gasteiger partial charge >= 0.3 is 0 Å². The largest absolute Gasteiger partial charge is 0.379 e. The van der Waals surface area contributed by atoms with Crippen molar-refractivity contribution in [2.24, 2.45) is 0 Å². The number of aromatic nitrogens is 2. The number of amides is 1. The second-order valence-electron chi connectivity index (χ2n) is 6.46. The van der Waals surface area contributed by atoms with E-state index in [1.54, 1.807) is 17.0 Å². The van der Waals surface area contributed by atoms with Gasteiger partial charge in [0, 0.05) is 51.2 Å². The van der Waals surface area contributed by atoms with Gasteiger partial charge in [-0.15, -0.1) is 0 Å². The number of carbonyl (C=O) groups excluding carboxylic acids is 1. The number of rotatable bonds is 8. The third kappa shape index (κ3) is 6.23. The molecule has 0 atom stereocenters. The van der Waals surface area contributed by atoms with Crippen LogP contribution in [0.5, 0.6) is 0 Å². The molecule has 1 saturated heterocycles. The number of anilines is 1. The summed E-state index contributed by atoms with van der Waals surface area (Å²) in [6.45, 7) is 5.03. The Hall–Kier alpha value is -2.10. The van der Waals surface area contributed by atoms with E-state index in [4.69, 9.17) is 4.74 Å². The molecular weight excluding hydrogens is 369 g/mol. The zero-order valence-corrected chi connectivity index (χ0v) is 16.2. The van der Waals surface area contributed by atoms with Gasteiger partial charge in [-0.25, -0.2) is 9.37 Å². The van der Waals surface area contributed by atoms with Crippen LogP contribution in [0.25, 0.3) is 0 Å². The molecular formula is C18H24FN5O2S. The zero-order chi connectivity index (χ0) is 19.1. The fraction of sp³-hybridized carbons (Fsp3) is 0.500. The molecule has 1 N–H and O–H groups in total. The fourth-order valence-corrected chi connectivity index (χ4v) is 3.42. The van der Waals surface area contributed by atoms with Crippen molar-refractivity contribution in [2.75, 3.05) is 57.9 Å². The van der Waals surface area contributed by atoms with Gasteiger partial charge in [-0.3, -0.25) is 9.69 Å². The lowest BCUT2D eigenvalue weighted by Crippen LogP contribution is -2.43. The number of ether oxygens (including phenoxy) is 1. The molecule has 146 valence electrons. The van der Waals surface area contributed by atoms with Crippen molar-refractivity contribution in [3.8, 4) is 0 Å². The van der Waals surface area contributed by atoms with Gasteiger partial charge in [0.1, 0.15) is 11.6 Å². The summed E-state index contributed by atoms with van der Waals surface area (Å²) in [6.07, 6.45) is 0.538. The van der Waals surface area contributed by atoms with Crippen molar-refractivity contribution in [3.63, 3.8) is 0 Å². The van der Waals surface area contributed by atoms with Gasteiger partial charge < -0.3 is 15.0 Å². The number of likely N-dealkylation sites (N-methyl/N-ethyl adjacent to an activating group) is 1. The average Bonchev–Trinajstić information content (AvgIpc) is 3.13. The summed E-state index contributed by atoms with van der Waals surface area (Å²) in [6, 6.07) is 6.30. The van der Waals surface area contributed by atoms with Gasteiger partial charge in [-0.2, -0.15) is 4.37 Å². The SMILES string of the molecule is CN(CC(=O)NCCN1CCOCC1)c1nc(Cc2ccc(F)cc2)ns1. The lowest BCUT2D eigenvalue weighted by Gasteiger charge is -2.26. The van der Waals surface area contributed by atoms with E-state index in [0.29, 0.717) is 23.9 Å². The lowest BCUT2D eigenvalue weighted by atomic mass is 10.1. The number of nitrogens with one attached hydrogen (secondary N) is 1. The Morgan fingerprint density at radius 2 is 2.07 bits per heavy atom. The number of hydrogen-bond donors (Lipinski definition) is 1. The second kappa shape index (κ2) is 9.72. The molecule has 1 aromatic carbocycles. The summed E-state index contributed by atoms with van der Waals surface area (Å²) in [5.41, 5.74) is 0.948. The predicted molar refractivity (Wildman–Crippen MR) is 103 cm³/mol. The molecule has 0 bridgehead atoms. The minimum Gasteiger partial charge on any atom is -0.379 e. The van der Waals surface area contributed by atoms with Crippen LogP contribution in [0.4, 0.5) is 9.52 Å². The van der Waals surface area contributed by atoms with E-state index in [0.717, 1.165) is 38.4 Å². The Bertz CT molecular complexity index is 734. The van der Waals surface area contributed by atoms with E-state index in [9.17, 15) is 9.18 Å². The predicted octanol–water partition coefficient (Wildman–Crippen LogP) is 1.15. The molecule has 0 saturated carbocycles. The number of morpholine rings is 1. The molecule has 0 radical (unpaired) electrons. The molecule has 7 nitrogen and oxygen atoms in total. The molecule has 1 aliphatic heterocycles. The van der Waals surface area contributed by atoms with E-state index in [1.165, 1.54) is 23.7 Å². The Morgan fingerprint density at radius 1 is 1.33 bits per heavy atom. The fourth-order valence-electron chi connectivity index (χ4n) is 2.77. The third-order valence-corrected chi connectivity index (χ3v) is 5.16. The van der Waals surface area contributed by atoms with Gasteiger partial charge in [0.15, 0.2) is 0 Å². The number of hydrogen-bond acceptors (Lipinski definition) is 7. The Balaban J connectivity index is 1.42. The van der Waals surface area contributed by atoms with E-state index in [-0.39, 0.29) is 18.3 Å². The highest BCUT2D eigenvalue weighted by Crippen LogP contribution is 2.17. The molecule has 1 amide bonds. The van der Waals surface area contributed by atoms with E-state index in [1.807, 2.05) is 7.05 Å². The summed E-state index contributed by atoms with van der Waals surface area (Å²) in [5.74, 6) is 0.368. The maximum Gasteiger partial charge on any atom is 0.239 e. The monoisotopic (exact) mass is 393 g/mol. The molecule has 1 fully saturated rings. The molecule has 1 aromatic heterocycles. The standard InChI is InChI=1S/C18H24FN5O2S/c1-23(13-17(25)20-6-7-24-8-10-26-11-9-24)18-21-16(22-27-18)12-14-2-4-15(19)5-3-14/h2-5H,6-13H2,1H3,(H,20,25).